The highest BCUT2D eigenvalue weighted by Gasteiger charge is 2.43. The van der Waals surface area contributed by atoms with Gasteiger partial charge in [-0.25, -0.2) is 14.6 Å². The molecule has 34 heavy (non-hydrogen) atoms. The smallest absolute Gasteiger partial charge is 0.410 e. The number of hydrogen-bond acceptors (Lipinski definition) is 8. The van der Waals surface area contributed by atoms with Crippen molar-refractivity contribution in [2.75, 3.05) is 50.8 Å². The fourth-order valence-electron chi connectivity index (χ4n) is 4.54. The summed E-state index contributed by atoms with van der Waals surface area (Å²) in [5.41, 5.74) is -0.817. The lowest BCUT2D eigenvalue weighted by Gasteiger charge is -2.48. The molecule has 0 radical (unpaired) electrons. The average Bonchev–Trinajstić information content (AvgIpc) is 2.75. The fourth-order valence-corrected chi connectivity index (χ4v) is 4.72. The van der Waals surface area contributed by atoms with Gasteiger partial charge in [0, 0.05) is 38.8 Å². The molecule has 10 nitrogen and oxygen atoms in total. The number of nitrogens with one attached hydrogen (secondary N) is 1. The van der Waals surface area contributed by atoms with Crippen LogP contribution in [0.3, 0.4) is 0 Å². The predicted molar refractivity (Wildman–Crippen MR) is 126 cm³/mol. The Balaban J connectivity index is 1.47. The fraction of sp³-hybridized carbons (Fsp3) is 0.696. The van der Waals surface area contributed by atoms with Gasteiger partial charge in [-0.2, -0.15) is 0 Å². The van der Waals surface area contributed by atoms with Crippen LogP contribution in [0.5, 0.6) is 5.75 Å². The standard InChI is InChI=1S/C23H33ClN4O6/c1-22(2,3)34-21(31)27-8-7-25-15(12-27)13-32-16-11-17(24)26-19(18(16)20(29)30)28-9-10-33-23(14-28)5-4-6-23/h11,15,25H,4-10,12-14H2,1-3H3,(H,29,30). The molecule has 11 heteroatoms. The van der Waals surface area contributed by atoms with Crippen LogP contribution in [-0.4, -0.2) is 90.2 Å². The van der Waals surface area contributed by atoms with E-state index in [0.29, 0.717) is 45.1 Å². The van der Waals surface area contributed by atoms with Gasteiger partial charge in [-0.15, -0.1) is 0 Å². The van der Waals surface area contributed by atoms with Crippen molar-refractivity contribution in [3.05, 3.63) is 16.8 Å². The van der Waals surface area contributed by atoms with Crippen LogP contribution in [0.2, 0.25) is 5.15 Å². The predicted octanol–water partition coefficient (Wildman–Crippen LogP) is 2.78. The summed E-state index contributed by atoms with van der Waals surface area (Å²) in [5, 5.41) is 13.5. The summed E-state index contributed by atoms with van der Waals surface area (Å²) < 4.78 is 17.4. The molecule has 2 aliphatic heterocycles. The minimum absolute atomic E-state index is 0.0134. The zero-order chi connectivity index (χ0) is 24.5. The van der Waals surface area contributed by atoms with Gasteiger partial charge in [-0.3, -0.25) is 0 Å². The second-order valence-corrected chi connectivity index (χ2v) is 10.5. The molecule has 3 fully saturated rings. The Bertz CT molecular complexity index is 933. The third-order valence-electron chi connectivity index (χ3n) is 6.31. The monoisotopic (exact) mass is 496 g/mol. The number of ether oxygens (including phenoxy) is 3. The molecule has 188 valence electrons. The number of pyridine rings is 1. The highest BCUT2D eigenvalue weighted by atomic mass is 35.5. The van der Waals surface area contributed by atoms with E-state index in [1.54, 1.807) is 4.90 Å². The molecule has 1 aliphatic carbocycles. The number of aromatic carboxylic acids is 1. The van der Waals surface area contributed by atoms with E-state index in [0.717, 1.165) is 19.3 Å². The molecule has 1 aromatic heterocycles. The van der Waals surface area contributed by atoms with E-state index in [2.05, 4.69) is 10.3 Å². The molecule has 4 rings (SSSR count). The number of rotatable bonds is 5. The van der Waals surface area contributed by atoms with Crippen LogP contribution in [0.25, 0.3) is 0 Å². The molecule has 1 aromatic rings. The molecule has 2 saturated heterocycles. The highest BCUT2D eigenvalue weighted by molar-refractivity contribution is 6.29. The number of morpholine rings is 1. The number of carboxylic acids is 1. The highest BCUT2D eigenvalue weighted by Crippen LogP contribution is 2.40. The van der Waals surface area contributed by atoms with E-state index in [4.69, 9.17) is 25.8 Å². The second-order valence-electron chi connectivity index (χ2n) is 10.1. The van der Waals surface area contributed by atoms with Gasteiger partial charge in [0.1, 0.15) is 34.5 Å². The molecule has 1 spiro atoms. The van der Waals surface area contributed by atoms with Crippen LogP contribution < -0.4 is 15.0 Å². The molecule has 1 amide bonds. The first kappa shape index (κ1) is 24.8. The van der Waals surface area contributed by atoms with Crippen LogP contribution in [0.15, 0.2) is 6.07 Å². The minimum Gasteiger partial charge on any atom is -0.491 e. The zero-order valence-electron chi connectivity index (χ0n) is 19.9. The summed E-state index contributed by atoms with van der Waals surface area (Å²) in [7, 11) is 0. The number of piperazine rings is 1. The summed E-state index contributed by atoms with van der Waals surface area (Å²) in [6.45, 7) is 8.75. The van der Waals surface area contributed by atoms with Crippen LogP contribution in [0, 0.1) is 0 Å². The lowest BCUT2D eigenvalue weighted by atomic mass is 9.79. The second kappa shape index (κ2) is 9.75. The number of carbonyl (C=O) groups is 2. The number of carbonyl (C=O) groups excluding carboxylic acids is 1. The third-order valence-corrected chi connectivity index (χ3v) is 6.50. The molecule has 3 heterocycles. The number of amides is 1. The topological polar surface area (TPSA) is 113 Å². The van der Waals surface area contributed by atoms with Gasteiger partial charge in [0.25, 0.3) is 0 Å². The summed E-state index contributed by atoms with van der Waals surface area (Å²) in [5.74, 6) is -0.667. The van der Waals surface area contributed by atoms with E-state index in [9.17, 15) is 14.7 Å². The van der Waals surface area contributed by atoms with Crippen molar-refractivity contribution in [3.8, 4) is 5.75 Å². The molecule has 3 aliphatic rings. The molecular formula is C23H33ClN4O6. The normalized spacial score (nSPS) is 22.3. The minimum atomic E-state index is -1.13. The number of carboxylic acid groups (broad SMARTS) is 1. The number of halogens is 1. The molecule has 0 bridgehead atoms. The maximum absolute atomic E-state index is 12.4. The van der Waals surface area contributed by atoms with Crippen molar-refractivity contribution in [3.63, 3.8) is 0 Å². The summed E-state index contributed by atoms with van der Waals surface area (Å²) in [6.07, 6.45) is 2.64. The summed E-state index contributed by atoms with van der Waals surface area (Å²) in [6, 6.07) is 1.24. The van der Waals surface area contributed by atoms with Gasteiger partial charge in [-0.05, 0) is 40.0 Å². The van der Waals surface area contributed by atoms with Crippen LogP contribution in [-0.2, 0) is 9.47 Å². The lowest BCUT2D eigenvalue weighted by molar-refractivity contribution is -0.106. The Morgan fingerprint density at radius 1 is 1.35 bits per heavy atom. The largest absolute Gasteiger partial charge is 0.491 e. The Kier molecular flexibility index (Phi) is 7.12. The Hall–Kier alpha value is -2.30. The quantitative estimate of drug-likeness (QED) is 0.594. The summed E-state index contributed by atoms with van der Waals surface area (Å²) >= 11 is 6.29. The van der Waals surface area contributed by atoms with E-state index in [1.165, 1.54) is 6.07 Å². The Morgan fingerprint density at radius 2 is 2.12 bits per heavy atom. The molecule has 1 atom stereocenters. The van der Waals surface area contributed by atoms with Crippen LogP contribution in [0.1, 0.15) is 50.4 Å². The molecule has 1 unspecified atom stereocenters. The first-order chi connectivity index (χ1) is 16.1. The number of hydrogen-bond donors (Lipinski definition) is 2. The first-order valence-electron chi connectivity index (χ1n) is 11.7. The van der Waals surface area contributed by atoms with E-state index < -0.39 is 11.6 Å². The van der Waals surface area contributed by atoms with Gasteiger partial charge in [0.2, 0.25) is 0 Å². The van der Waals surface area contributed by atoms with Gasteiger partial charge < -0.3 is 34.4 Å². The summed E-state index contributed by atoms with van der Waals surface area (Å²) in [4.78, 5) is 32.6. The van der Waals surface area contributed by atoms with Gasteiger partial charge in [0.05, 0.1) is 18.2 Å². The average molecular weight is 497 g/mol. The Morgan fingerprint density at radius 3 is 2.76 bits per heavy atom. The molecule has 1 saturated carbocycles. The van der Waals surface area contributed by atoms with Crippen molar-refractivity contribution in [1.82, 2.24) is 15.2 Å². The van der Waals surface area contributed by atoms with Gasteiger partial charge in [-0.1, -0.05) is 11.6 Å². The first-order valence-corrected chi connectivity index (χ1v) is 12.1. The number of anilines is 1. The maximum Gasteiger partial charge on any atom is 0.410 e. The molecule has 0 aromatic carbocycles. The van der Waals surface area contributed by atoms with Crippen LogP contribution >= 0.6 is 11.6 Å². The SMILES string of the molecule is CC(C)(C)OC(=O)N1CCNC(COc2cc(Cl)nc(N3CCOC4(CCC4)C3)c2C(=O)O)C1. The zero-order valence-corrected chi connectivity index (χ0v) is 20.7. The van der Waals surface area contributed by atoms with Gasteiger partial charge >= 0.3 is 12.1 Å². The maximum atomic E-state index is 12.4. The number of aromatic nitrogens is 1. The third kappa shape index (κ3) is 5.67. The van der Waals surface area contributed by atoms with Crippen LogP contribution in [0.4, 0.5) is 10.6 Å². The number of nitrogens with zero attached hydrogens (tertiary/aromatic N) is 3. The van der Waals surface area contributed by atoms with E-state index in [-0.39, 0.29) is 40.8 Å². The van der Waals surface area contributed by atoms with Crippen molar-refractivity contribution in [2.45, 2.75) is 57.3 Å². The van der Waals surface area contributed by atoms with Gasteiger partial charge in [0.15, 0.2) is 0 Å². The molecular weight excluding hydrogens is 464 g/mol. The van der Waals surface area contributed by atoms with Crippen molar-refractivity contribution in [1.29, 1.82) is 0 Å². The molecule has 2 N–H and O–H groups in total. The van der Waals surface area contributed by atoms with Crippen molar-refractivity contribution < 1.29 is 28.9 Å². The Labute approximate surface area is 204 Å². The lowest BCUT2D eigenvalue weighted by Crippen LogP contribution is -2.56. The van der Waals surface area contributed by atoms with E-state index in [1.807, 2.05) is 25.7 Å². The van der Waals surface area contributed by atoms with E-state index >= 15 is 0 Å². The van der Waals surface area contributed by atoms with Crippen molar-refractivity contribution >= 4 is 29.5 Å². The van der Waals surface area contributed by atoms with Crippen molar-refractivity contribution in [2.24, 2.45) is 0 Å².